The van der Waals surface area contributed by atoms with E-state index in [2.05, 4.69) is 6.58 Å². The number of aliphatic hydroxyl groups is 1. The average molecular weight is 272 g/mol. The van der Waals surface area contributed by atoms with Gasteiger partial charge in [0.1, 0.15) is 6.54 Å². The molecule has 1 saturated heterocycles. The van der Waals surface area contributed by atoms with Crippen molar-refractivity contribution >= 4 is 12.0 Å². The fraction of sp³-hybridized carbons (Fsp3) is 0.667. The third-order valence-electron chi connectivity index (χ3n) is 2.90. The first-order valence-electron chi connectivity index (χ1n) is 6.10. The molecule has 108 valence electrons. The Labute approximate surface area is 112 Å². The molecule has 7 heteroatoms. The predicted molar refractivity (Wildman–Crippen MR) is 67.8 cm³/mol. The Bertz CT molecular complexity index is 347. The van der Waals surface area contributed by atoms with Crippen LogP contribution in [0.25, 0.3) is 0 Å². The zero-order valence-electron chi connectivity index (χ0n) is 11.0. The lowest BCUT2D eigenvalue weighted by molar-refractivity contribution is -0.137. The Hall–Kier alpha value is -1.60. The Morgan fingerprint density at radius 1 is 1.58 bits per heavy atom. The van der Waals surface area contributed by atoms with Gasteiger partial charge in [-0.3, -0.25) is 4.79 Å². The maximum absolute atomic E-state index is 12.3. The molecule has 2 atom stereocenters. The number of morpholine rings is 1. The number of rotatable bonds is 5. The van der Waals surface area contributed by atoms with E-state index in [0.29, 0.717) is 6.61 Å². The topological polar surface area (TPSA) is 90.3 Å². The molecule has 0 aromatic rings. The van der Waals surface area contributed by atoms with Crippen LogP contribution in [0.5, 0.6) is 0 Å². The second-order valence-electron chi connectivity index (χ2n) is 4.48. The van der Waals surface area contributed by atoms with Crippen molar-refractivity contribution in [2.75, 3.05) is 32.8 Å². The minimum Gasteiger partial charge on any atom is -0.480 e. The molecule has 0 saturated carbocycles. The van der Waals surface area contributed by atoms with E-state index in [0.717, 1.165) is 0 Å². The fourth-order valence-corrected chi connectivity index (χ4v) is 1.91. The van der Waals surface area contributed by atoms with Crippen molar-refractivity contribution in [2.24, 2.45) is 0 Å². The van der Waals surface area contributed by atoms with Crippen molar-refractivity contribution < 1.29 is 24.5 Å². The summed E-state index contributed by atoms with van der Waals surface area (Å²) in [4.78, 5) is 25.8. The number of hydrogen-bond donors (Lipinski definition) is 2. The molecule has 0 aromatic heterocycles. The molecule has 2 unspecified atom stereocenters. The Kier molecular flexibility index (Phi) is 5.78. The van der Waals surface area contributed by atoms with Crippen LogP contribution in [-0.2, 0) is 9.53 Å². The van der Waals surface area contributed by atoms with E-state index in [4.69, 9.17) is 14.9 Å². The van der Waals surface area contributed by atoms with Gasteiger partial charge in [0.05, 0.1) is 31.9 Å². The van der Waals surface area contributed by atoms with Crippen LogP contribution in [0.1, 0.15) is 6.92 Å². The van der Waals surface area contributed by atoms with Crippen LogP contribution in [0, 0.1) is 0 Å². The van der Waals surface area contributed by atoms with Crippen molar-refractivity contribution in [1.82, 2.24) is 9.80 Å². The Balaban J connectivity index is 2.75. The summed E-state index contributed by atoms with van der Waals surface area (Å²) in [5, 5.41) is 17.9. The number of ether oxygens (including phenoxy) is 1. The standard InChI is InChI=1S/C12H20N2O5/c1-3-4-13(6-11(16)17)12(18)14-5-10(7-15)19-8-9(14)2/h3,9-10,15H,1,4-8H2,2H3,(H,16,17). The number of carbonyl (C=O) groups excluding carboxylic acids is 1. The lowest BCUT2D eigenvalue weighted by Gasteiger charge is -2.39. The Morgan fingerprint density at radius 3 is 2.79 bits per heavy atom. The summed E-state index contributed by atoms with van der Waals surface area (Å²) in [6.07, 6.45) is 1.06. The van der Waals surface area contributed by atoms with E-state index in [9.17, 15) is 9.59 Å². The summed E-state index contributed by atoms with van der Waals surface area (Å²) in [5.74, 6) is -1.07. The summed E-state index contributed by atoms with van der Waals surface area (Å²) < 4.78 is 5.34. The largest absolute Gasteiger partial charge is 0.480 e. The molecule has 1 aliphatic rings. The highest BCUT2D eigenvalue weighted by molar-refractivity contribution is 5.80. The van der Waals surface area contributed by atoms with Crippen molar-refractivity contribution in [1.29, 1.82) is 0 Å². The zero-order valence-corrected chi connectivity index (χ0v) is 11.0. The van der Waals surface area contributed by atoms with Gasteiger partial charge in [-0.15, -0.1) is 6.58 Å². The number of carboxylic acid groups (broad SMARTS) is 1. The molecule has 0 spiro atoms. The van der Waals surface area contributed by atoms with E-state index >= 15 is 0 Å². The fourth-order valence-electron chi connectivity index (χ4n) is 1.91. The molecule has 1 aliphatic heterocycles. The van der Waals surface area contributed by atoms with Gasteiger partial charge in [-0.1, -0.05) is 6.08 Å². The van der Waals surface area contributed by atoms with Gasteiger partial charge in [0.15, 0.2) is 0 Å². The molecule has 1 rings (SSSR count). The van der Waals surface area contributed by atoms with Crippen LogP contribution in [-0.4, -0.2) is 77.0 Å². The van der Waals surface area contributed by atoms with E-state index in [1.54, 1.807) is 0 Å². The van der Waals surface area contributed by atoms with E-state index in [-0.39, 0.29) is 38.3 Å². The lowest BCUT2D eigenvalue weighted by Crippen LogP contribution is -2.56. The zero-order chi connectivity index (χ0) is 14.4. The minimum absolute atomic E-state index is 0.156. The molecule has 1 fully saturated rings. The molecular weight excluding hydrogens is 252 g/mol. The molecule has 2 amide bonds. The predicted octanol–water partition coefficient (Wildman–Crippen LogP) is -0.239. The van der Waals surface area contributed by atoms with Gasteiger partial charge < -0.3 is 24.7 Å². The quantitative estimate of drug-likeness (QED) is 0.674. The summed E-state index contributed by atoms with van der Waals surface area (Å²) >= 11 is 0. The van der Waals surface area contributed by atoms with Gasteiger partial charge in [-0.25, -0.2) is 4.79 Å². The smallest absolute Gasteiger partial charge is 0.323 e. The molecular formula is C12H20N2O5. The van der Waals surface area contributed by atoms with Crippen LogP contribution < -0.4 is 0 Å². The van der Waals surface area contributed by atoms with Crippen LogP contribution in [0.2, 0.25) is 0 Å². The molecule has 7 nitrogen and oxygen atoms in total. The number of carboxylic acids is 1. The first-order chi connectivity index (χ1) is 8.99. The van der Waals surface area contributed by atoms with Crippen LogP contribution >= 0.6 is 0 Å². The minimum atomic E-state index is -1.07. The monoisotopic (exact) mass is 272 g/mol. The third kappa shape index (κ3) is 4.22. The maximum atomic E-state index is 12.3. The Morgan fingerprint density at radius 2 is 2.26 bits per heavy atom. The third-order valence-corrected chi connectivity index (χ3v) is 2.90. The van der Waals surface area contributed by atoms with Gasteiger partial charge in [0.25, 0.3) is 0 Å². The van der Waals surface area contributed by atoms with Crippen molar-refractivity contribution in [3.05, 3.63) is 12.7 Å². The van der Waals surface area contributed by atoms with Crippen LogP contribution in [0.3, 0.4) is 0 Å². The lowest BCUT2D eigenvalue weighted by atomic mass is 10.2. The van der Waals surface area contributed by atoms with Crippen molar-refractivity contribution in [3.63, 3.8) is 0 Å². The number of aliphatic carboxylic acids is 1. The van der Waals surface area contributed by atoms with Crippen LogP contribution in [0.15, 0.2) is 12.7 Å². The second-order valence-corrected chi connectivity index (χ2v) is 4.48. The number of urea groups is 1. The first-order valence-corrected chi connectivity index (χ1v) is 6.10. The summed E-state index contributed by atoms with van der Waals surface area (Å²) in [6.45, 7) is 5.53. The SMILES string of the molecule is C=CCN(CC(=O)O)C(=O)N1CC(CO)OCC1C. The molecule has 0 aliphatic carbocycles. The van der Waals surface area contributed by atoms with E-state index in [1.165, 1.54) is 15.9 Å². The highest BCUT2D eigenvalue weighted by atomic mass is 16.5. The molecule has 0 bridgehead atoms. The van der Waals surface area contributed by atoms with Crippen LogP contribution in [0.4, 0.5) is 4.79 Å². The summed E-state index contributed by atoms with van der Waals surface area (Å²) in [5.41, 5.74) is 0. The van der Waals surface area contributed by atoms with Crippen molar-refractivity contribution in [2.45, 2.75) is 19.1 Å². The maximum Gasteiger partial charge on any atom is 0.323 e. The first kappa shape index (κ1) is 15.5. The van der Waals surface area contributed by atoms with E-state index < -0.39 is 12.1 Å². The highest BCUT2D eigenvalue weighted by Crippen LogP contribution is 2.14. The second kappa shape index (κ2) is 7.10. The van der Waals surface area contributed by atoms with Gasteiger partial charge >= 0.3 is 12.0 Å². The summed E-state index contributed by atoms with van der Waals surface area (Å²) in [7, 11) is 0. The number of carbonyl (C=O) groups is 2. The number of amides is 2. The molecule has 2 N–H and O–H groups in total. The highest BCUT2D eigenvalue weighted by Gasteiger charge is 2.32. The van der Waals surface area contributed by atoms with Crippen molar-refractivity contribution in [3.8, 4) is 0 Å². The number of hydrogen-bond acceptors (Lipinski definition) is 4. The average Bonchev–Trinajstić information content (AvgIpc) is 2.37. The molecule has 19 heavy (non-hydrogen) atoms. The van der Waals surface area contributed by atoms with Gasteiger partial charge in [0, 0.05) is 6.54 Å². The van der Waals surface area contributed by atoms with Gasteiger partial charge in [-0.2, -0.15) is 0 Å². The molecule has 0 radical (unpaired) electrons. The van der Waals surface area contributed by atoms with E-state index in [1.807, 2.05) is 6.92 Å². The summed E-state index contributed by atoms with van der Waals surface area (Å²) in [6, 6.07) is -0.534. The normalized spacial score (nSPS) is 22.9. The van der Waals surface area contributed by atoms with Gasteiger partial charge in [-0.05, 0) is 6.92 Å². The van der Waals surface area contributed by atoms with Gasteiger partial charge in [0.2, 0.25) is 0 Å². The molecule has 0 aromatic carbocycles. The number of aliphatic hydroxyl groups excluding tert-OH is 1. The number of nitrogens with zero attached hydrogens (tertiary/aromatic N) is 2. The molecule has 1 heterocycles.